The van der Waals surface area contributed by atoms with Gasteiger partial charge in [-0.05, 0) is 92.3 Å². The quantitative estimate of drug-likeness (QED) is 0.200. The van der Waals surface area contributed by atoms with E-state index in [9.17, 15) is 35.7 Å². The largest absolute Gasteiger partial charge is 0.394 e. The normalized spacial score (nSPS) is 58.9. The molecule has 4 aliphatic heterocycles. The second-order valence-corrected chi connectivity index (χ2v) is 18.4. The molecular formula is C39H62O13. The molecule has 8 aliphatic rings. The topological polar surface area (TPSA) is 197 Å². The summed E-state index contributed by atoms with van der Waals surface area (Å²) in [4.78, 5) is 0. The summed E-state index contributed by atoms with van der Waals surface area (Å²) >= 11 is 0. The van der Waals surface area contributed by atoms with Crippen molar-refractivity contribution in [3.05, 3.63) is 11.6 Å². The molecular weight excluding hydrogens is 676 g/mol. The third kappa shape index (κ3) is 5.82. The Hall–Kier alpha value is -0.780. The molecule has 0 aromatic rings. The van der Waals surface area contributed by atoms with Crippen molar-refractivity contribution >= 4 is 0 Å². The van der Waals surface area contributed by atoms with Crippen molar-refractivity contribution in [2.45, 2.75) is 171 Å². The molecule has 0 bridgehead atoms. The van der Waals surface area contributed by atoms with Crippen molar-refractivity contribution in [3.63, 3.8) is 0 Å². The van der Waals surface area contributed by atoms with E-state index in [0.717, 1.165) is 50.7 Å². The van der Waals surface area contributed by atoms with Gasteiger partial charge in [-0.25, -0.2) is 0 Å². The average molecular weight is 739 g/mol. The summed E-state index contributed by atoms with van der Waals surface area (Å²) in [6, 6.07) is 0. The first-order chi connectivity index (χ1) is 24.6. The molecule has 22 atom stereocenters. The first-order valence-electron chi connectivity index (χ1n) is 20.0. The maximum atomic E-state index is 12.0. The minimum atomic E-state index is -1.64. The highest BCUT2D eigenvalue weighted by Gasteiger charge is 2.69. The van der Waals surface area contributed by atoms with Gasteiger partial charge in [0.2, 0.25) is 0 Å². The molecule has 3 saturated carbocycles. The van der Waals surface area contributed by atoms with E-state index in [0.29, 0.717) is 42.4 Å². The fraction of sp³-hybridized carbons (Fsp3) is 0.949. The molecule has 13 heteroatoms. The van der Waals surface area contributed by atoms with Crippen LogP contribution >= 0.6 is 0 Å². The molecule has 0 aromatic heterocycles. The van der Waals surface area contributed by atoms with Crippen LogP contribution in [0.2, 0.25) is 0 Å². The lowest BCUT2D eigenvalue weighted by Gasteiger charge is -2.59. The van der Waals surface area contributed by atoms with Crippen LogP contribution in [0.15, 0.2) is 11.6 Å². The molecule has 7 fully saturated rings. The van der Waals surface area contributed by atoms with Gasteiger partial charge in [-0.1, -0.05) is 39.3 Å². The number of hydrogen-bond donors (Lipinski definition) is 7. The Morgan fingerprint density at radius 3 is 2.29 bits per heavy atom. The van der Waals surface area contributed by atoms with Crippen LogP contribution in [0.3, 0.4) is 0 Å². The number of fused-ring (bicyclic) bond motifs is 7. The molecule has 7 N–H and O–H groups in total. The first kappa shape index (κ1) is 38.1. The smallest absolute Gasteiger partial charge is 0.187 e. The highest BCUT2D eigenvalue weighted by molar-refractivity contribution is 5.29. The van der Waals surface area contributed by atoms with E-state index in [2.05, 4.69) is 33.8 Å². The maximum Gasteiger partial charge on any atom is 0.187 e. The molecule has 4 saturated heterocycles. The van der Waals surface area contributed by atoms with Gasteiger partial charge < -0.3 is 64.2 Å². The van der Waals surface area contributed by atoms with Gasteiger partial charge in [-0.3, -0.25) is 0 Å². The van der Waals surface area contributed by atoms with Crippen LogP contribution in [0.25, 0.3) is 0 Å². The van der Waals surface area contributed by atoms with E-state index in [1.54, 1.807) is 0 Å². The molecule has 0 unspecified atom stereocenters. The monoisotopic (exact) mass is 738 g/mol. The van der Waals surface area contributed by atoms with Gasteiger partial charge in [-0.2, -0.15) is 0 Å². The van der Waals surface area contributed by atoms with Gasteiger partial charge in [0.25, 0.3) is 0 Å². The lowest BCUT2D eigenvalue weighted by atomic mass is 9.46. The summed E-state index contributed by atoms with van der Waals surface area (Å²) in [7, 11) is 0. The molecule has 4 heterocycles. The molecule has 0 radical (unpaired) electrons. The van der Waals surface area contributed by atoms with Crippen molar-refractivity contribution in [3.8, 4) is 0 Å². The Morgan fingerprint density at radius 2 is 1.58 bits per heavy atom. The number of hydrogen-bond acceptors (Lipinski definition) is 13. The number of aliphatic hydroxyl groups is 7. The first-order valence-corrected chi connectivity index (χ1v) is 20.0. The van der Waals surface area contributed by atoms with Crippen LogP contribution in [0.5, 0.6) is 0 Å². The third-order valence-electron chi connectivity index (χ3n) is 15.6. The van der Waals surface area contributed by atoms with Crippen molar-refractivity contribution in [1.29, 1.82) is 0 Å². The van der Waals surface area contributed by atoms with Crippen LogP contribution < -0.4 is 0 Å². The zero-order valence-electron chi connectivity index (χ0n) is 31.2. The van der Waals surface area contributed by atoms with Gasteiger partial charge in [0.1, 0.15) is 42.7 Å². The summed E-state index contributed by atoms with van der Waals surface area (Å²) in [5.74, 6) is 1.58. The summed E-state index contributed by atoms with van der Waals surface area (Å²) in [5, 5.41) is 74.9. The summed E-state index contributed by atoms with van der Waals surface area (Å²) in [6.45, 7) is 11.1. The second kappa shape index (κ2) is 13.7. The van der Waals surface area contributed by atoms with Gasteiger partial charge in [-0.15, -0.1) is 0 Å². The Bertz CT molecular complexity index is 1340. The summed E-state index contributed by atoms with van der Waals surface area (Å²) < 4.78 is 37.4. The molecule has 52 heavy (non-hydrogen) atoms. The minimum Gasteiger partial charge on any atom is -0.394 e. The Labute approximate surface area is 306 Å². The van der Waals surface area contributed by atoms with E-state index in [1.807, 2.05) is 0 Å². The molecule has 1 spiro atoms. The summed E-state index contributed by atoms with van der Waals surface area (Å²) in [6.07, 6.45) is -5.30. The van der Waals surface area contributed by atoms with Gasteiger partial charge in [0.15, 0.2) is 18.4 Å². The Kier molecular flexibility index (Phi) is 10.0. The predicted octanol–water partition coefficient (Wildman–Crippen LogP) is 1.36. The van der Waals surface area contributed by atoms with Crippen LogP contribution in [0.1, 0.15) is 86.0 Å². The molecule has 296 valence electrons. The van der Waals surface area contributed by atoms with Crippen LogP contribution in [-0.2, 0) is 28.4 Å². The molecule has 4 aliphatic carbocycles. The molecule has 0 aromatic carbocycles. The van der Waals surface area contributed by atoms with E-state index in [1.165, 1.54) is 6.92 Å². The standard InChI is InChI=1S/C39H62O13/c1-17-6-11-39(47-16-17)18(2)28-25(52-39)14-23-27-22(8-10-38(23,28)5)37(4)9-7-21(12-20(37)13-24(27)41)49-36-34(32(45)30(43)26(15-40)50-36)51-35-33(46)31(44)29(42)19(3)48-35/h13,17-19,21-36,40-46H,6-12,14-16H2,1-5H3/t17-,18+,19+,21+,22+,23+,24-,25+,26-,27-,28+,29+,30-,31-,32+,33-,34-,35+,36-,37+,38+,39-/m1/s1. The van der Waals surface area contributed by atoms with Crippen LogP contribution in [-0.4, -0.2) is 134 Å². The van der Waals surface area contributed by atoms with E-state index < -0.39 is 79.9 Å². The van der Waals surface area contributed by atoms with Gasteiger partial charge in [0, 0.05) is 12.3 Å². The fourth-order valence-electron chi connectivity index (χ4n) is 12.5. The predicted molar refractivity (Wildman–Crippen MR) is 183 cm³/mol. The van der Waals surface area contributed by atoms with Crippen molar-refractivity contribution in [2.75, 3.05) is 13.2 Å². The zero-order valence-corrected chi connectivity index (χ0v) is 31.2. The van der Waals surface area contributed by atoms with E-state index >= 15 is 0 Å². The molecule has 8 rings (SSSR count). The molecule has 13 nitrogen and oxygen atoms in total. The van der Waals surface area contributed by atoms with E-state index in [4.69, 9.17) is 28.4 Å². The van der Waals surface area contributed by atoms with E-state index in [-0.39, 0.29) is 29.0 Å². The number of ether oxygens (including phenoxy) is 6. The fourth-order valence-corrected chi connectivity index (χ4v) is 12.5. The van der Waals surface area contributed by atoms with Crippen molar-refractivity contribution in [1.82, 2.24) is 0 Å². The summed E-state index contributed by atoms with van der Waals surface area (Å²) in [5.41, 5.74) is 1.09. The Balaban J connectivity index is 0.984. The van der Waals surface area contributed by atoms with Gasteiger partial charge >= 0.3 is 0 Å². The van der Waals surface area contributed by atoms with Crippen molar-refractivity contribution < 1.29 is 64.2 Å². The molecule has 0 amide bonds. The van der Waals surface area contributed by atoms with Crippen molar-refractivity contribution in [2.24, 2.45) is 46.3 Å². The lowest BCUT2D eigenvalue weighted by Crippen LogP contribution is -2.64. The third-order valence-corrected chi connectivity index (χ3v) is 15.6. The number of rotatable bonds is 5. The average Bonchev–Trinajstić information content (AvgIpc) is 3.56. The minimum absolute atomic E-state index is 0.0632. The van der Waals surface area contributed by atoms with Gasteiger partial charge in [0.05, 0.1) is 37.6 Å². The second-order valence-electron chi connectivity index (χ2n) is 18.4. The highest BCUT2D eigenvalue weighted by atomic mass is 16.8. The lowest BCUT2D eigenvalue weighted by molar-refractivity contribution is -0.369. The maximum absolute atomic E-state index is 12.0. The number of aliphatic hydroxyl groups excluding tert-OH is 7. The SMILES string of the molecule is C[C@@H]1CC[C@@]2(OC1)O[C@H]1C[C@H]3[C@@H]4[C@H](O)C=C5C[C@@H](O[C@@H]6O[C@H](CO)[C@@H](O)[C@H](O)[C@H]6O[C@@H]6O[C@@H](C)[C@H](O)[C@@H](O)[C@H]6O)CC[C@]5(C)[C@H]4CC[C@]3(C)[C@H]1[C@@H]2C. The van der Waals surface area contributed by atoms with Crippen LogP contribution in [0, 0.1) is 46.3 Å². The Morgan fingerprint density at radius 1 is 0.808 bits per heavy atom. The van der Waals surface area contributed by atoms with Crippen LogP contribution in [0.4, 0.5) is 0 Å². The highest BCUT2D eigenvalue weighted by Crippen LogP contribution is 2.70. The zero-order chi connectivity index (χ0) is 37.1.